The van der Waals surface area contributed by atoms with Gasteiger partial charge in [-0.2, -0.15) is 0 Å². The Kier molecular flexibility index (Phi) is 2.49. The summed E-state index contributed by atoms with van der Waals surface area (Å²) in [4.78, 5) is 14.7. The summed E-state index contributed by atoms with van der Waals surface area (Å²) < 4.78 is 5.54. The highest BCUT2D eigenvalue weighted by Crippen LogP contribution is 2.38. The fourth-order valence-electron chi connectivity index (χ4n) is 2.09. The number of nitrogens with zero attached hydrogens (tertiary/aromatic N) is 2. The lowest BCUT2D eigenvalue weighted by molar-refractivity contribution is -0.383. The van der Waals surface area contributed by atoms with Crippen molar-refractivity contribution in [3.05, 3.63) is 39.5 Å². The standard InChI is InChI=1S/C12H9N3O3S/c1-6-10(8-5-19-12(13)14-8)7-3-2-4-9(15(16)17)11(7)18-6/h2-5H,1H3,(H2,13,14). The molecular weight excluding hydrogens is 266 g/mol. The third-order valence-electron chi connectivity index (χ3n) is 2.85. The molecule has 7 heteroatoms. The zero-order valence-corrected chi connectivity index (χ0v) is 10.7. The Hall–Kier alpha value is -2.41. The van der Waals surface area contributed by atoms with Crippen molar-refractivity contribution in [3.8, 4) is 11.3 Å². The van der Waals surface area contributed by atoms with Crippen LogP contribution < -0.4 is 5.73 Å². The van der Waals surface area contributed by atoms with Crippen LogP contribution in [-0.2, 0) is 0 Å². The first-order valence-corrected chi connectivity index (χ1v) is 6.34. The summed E-state index contributed by atoms with van der Waals surface area (Å²) in [6.07, 6.45) is 0. The van der Waals surface area contributed by atoms with E-state index in [1.807, 2.05) is 5.38 Å². The summed E-state index contributed by atoms with van der Waals surface area (Å²) >= 11 is 1.32. The second-order valence-corrected chi connectivity index (χ2v) is 4.90. The average Bonchev–Trinajstić information content (AvgIpc) is 2.90. The van der Waals surface area contributed by atoms with Gasteiger partial charge in [0.2, 0.25) is 5.58 Å². The number of nitrogens with two attached hydrogens (primary N) is 1. The first-order valence-electron chi connectivity index (χ1n) is 5.46. The average molecular weight is 275 g/mol. The number of nitrogen functional groups attached to an aromatic ring is 1. The molecule has 2 N–H and O–H groups in total. The number of nitro groups is 1. The van der Waals surface area contributed by atoms with Crippen LogP contribution in [0.5, 0.6) is 0 Å². The van der Waals surface area contributed by atoms with Crippen molar-refractivity contribution in [2.75, 3.05) is 5.73 Å². The second kappa shape index (κ2) is 4.06. The van der Waals surface area contributed by atoms with Crippen molar-refractivity contribution in [1.29, 1.82) is 0 Å². The summed E-state index contributed by atoms with van der Waals surface area (Å²) in [5.74, 6) is 0.592. The molecule has 0 radical (unpaired) electrons. The Morgan fingerprint density at radius 2 is 2.26 bits per heavy atom. The lowest BCUT2D eigenvalue weighted by atomic mass is 10.1. The minimum atomic E-state index is -0.454. The topological polar surface area (TPSA) is 95.2 Å². The van der Waals surface area contributed by atoms with Crippen LogP contribution in [0.2, 0.25) is 0 Å². The highest BCUT2D eigenvalue weighted by molar-refractivity contribution is 7.13. The number of anilines is 1. The van der Waals surface area contributed by atoms with Gasteiger partial charge in [0.05, 0.1) is 16.2 Å². The Bertz CT molecular complexity index is 791. The van der Waals surface area contributed by atoms with Gasteiger partial charge in [0.1, 0.15) is 5.76 Å². The minimum absolute atomic E-state index is 0.0462. The SMILES string of the molecule is Cc1oc2c([N+](=O)[O-])cccc2c1-c1csc(N)n1. The van der Waals surface area contributed by atoms with Crippen LogP contribution in [-0.4, -0.2) is 9.91 Å². The third-order valence-corrected chi connectivity index (χ3v) is 3.52. The quantitative estimate of drug-likeness (QED) is 0.571. The molecule has 0 bridgehead atoms. The predicted molar refractivity (Wildman–Crippen MR) is 73.1 cm³/mol. The lowest BCUT2D eigenvalue weighted by Gasteiger charge is -1.94. The minimum Gasteiger partial charge on any atom is -0.453 e. The van der Waals surface area contributed by atoms with E-state index in [4.69, 9.17) is 10.2 Å². The van der Waals surface area contributed by atoms with E-state index < -0.39 is 4.92 Å². The van der Waals surface area contributed by atoms with Crippen molar-refractivity contribution >= 4 is 33.1 Å². The molecule has 0 aliphatic rings. The number of para-hydroxylation sites is 1. The summed E-state index contributed by atoms with van der Waals surface area (Å²) in [5, 5.41) is 13.9. The van der Waals surface area contributed by atoms with Crippen LogP contribution in [0.3, 0.4) is 0 Å². The van der Waals surface area contributed by atoms with Crippen LogP contribution in [0.1, 0.15) is 5.76 Å². The molecule has 3 aromatic rings. The third kappa shape index (κ3) is 1.75. The van der Waals surface area contributed by atoms with Gasteiger partial charge < -0.3 is 10.2 Å². The van der Waals surface area contributed by atoms with Crippen LogP contribution >= 0.6 is 11.3 Å². The van der Waals surface area contributed by atoms with Gasteiger partial charge >= 0.3 is 5.69 Å². The van der Waals surface area contributed by atoms with E-state index in [1.54, 1.807) is 19.1 Å². The van der Waals surface area contributed by atoms with Gasteiger partial charge in [-0.1, -0.05) is 6.07 Å². The van der Waals surface area contributed by atoms with E-state index in [0.29, 0.717) is 22.0 Å². The Morgan fingerprint density at radius 1 is 1.47 bits per heavy atom. The van der Waals surface area contributed by atoms with Crippen LogP contribution in [0, 0.1) is 17.0 Å². The van der Waals surface area contributed by atoms with Gasteiger partial charge in [0.15, 0.2) is 5.13 Å². The van der Waals surface area contributed by atoms with Gasteiger partial charge in [-0.05, 0) is 13.0 Å². The number of thiazole rings is 1. The van der Waals surface area contributed by atoms with Crippen LogP contribution in [0.15, 0.2) is 28.0 Å². The molecule has 0 spiro atoms. The normalized spacial score (nSPS) is 11.0. The Morgan fingerprint density at radius 3 is 2.89 bits per heavy atom. The molecule has 2 heterocycles. The van der Waals surface area contributed by atoms with E-state index in [-0.39, 0.29) is 11.3 Å². The molecule has 0 atom stereocenters. The molecule has 0 saturated carbocycles. The predicted octanol–water partition coefficient (Wildman–Crippen LogP) is 3.36. The number of furan rings is 1. The van der Waals surface area contributed by atoms with Crippen LogP contribution in [0.4, 0.5) is 10.8 Å². The fourth-order valence-corrected chi connectivity index (χ4v) is 2.64. The van der Waals surface area contributed by atoms with Gasteiger partial charge in [0.25, 0.3) is 0 Å². The summed E-state index contributed by atoms with van der Waals surface area (Å²) in [6.45, 7) is 1.76. The molecule has 1 aromatic carbocycles. The largest absolute Gasteiger partial charge is 0.453 e. The van der Waals surface area contributed by atoms with Gasteiger partial charge in [-0.25, -0.2) is 4.98 Å². The number of hydrogen-bond acceptors (Lipinski definition) is 6. The number of aryl methyl sites for hydroxylation is 1. The number of nitro benzene ring substituents is 1. The van der Waals surface area contributed by atoms with Gasteiger partial charge in [0, 0.05) is 16.8 Å². The van der Waals surface area contributed by atoms with Gasteiger partial charge in [-0.15, -0.1) is 11.3 Å². The van der Waals surface area contributed by atoms with Crippen molar-refractivity contribution in [2.45, 2.75) is 6.92 Å². The molecule has 0 unspecified atom stereocenters. The summed E-state index contributed by atoms with van der Waals surface area (Å²) in [5.41, 5.74) is 7.29. The molecule has 2 aromatic heterocycles. The molecule has 3 rings (SSSR count). The number of aromatic nitrogens is 1. The number of hydrogen-bond donors (Lipinski definition) is 1. The van der Waals surface area contributed by atoms with E-state index in [1.165, 1.54) is 17.4 Å². The number of non-ortho nitro benzene ring substituents is 1. The van der Waals surface area contributed by atoms with E-state index >= 15 is 0 Å². The van der Waals surface area contributed by atoms with Gasteiger partial charge in [-0.3, -0.25) is 10.1 Å². The van der Waals surface area contributed by atoms with Crippen molar-refractivity contribution < 1.29 is 9.34 Å². The number of rotatable bonds is 2. The monoisotopic (exact) mass is 275 g/mol. The highest BCUT2D eigenvalue weighted by Gasteiger charge is 2.21. The maximum atomic E-state index is 11.0. The summed E-state index contributed by atoms with van der Waals surface area (Å²) in [7, 11) is 0. The molecule has 96 valence electrons. The molecule has 0 fully saturated rings. The molecule has 0 saturated heterocycles. The first-order chi connectivity index (χ1) is 9.08. The second-order valence-electron chi connectivity index (χ2n) is 4.02. The maximum absolute atomic E-state index is 11.0. The maximum Gasteiger partial charge on any atom is 0.312 e. The highest BCUT2D eigenvalue weighted by atomic mass is 32.1. The van der Waals surface area contributed by atoms with Crippen molar-refractivity contribution in [1.82, 2.24) is 4.98 Å². The molecule has 19 heavy (non-hydrogen) atoms. The Labute approximate surface area is 111 Å². The lowest BCUT2D eigenvalue weighted by Crippen LogP contribution is -1.87. The smallest absolute Gasteiger partial charge is 0.312 e. The molecular formula is C12H9N3O3S. The molecule has 0 amide bonds. The zero-order valence-electron chi connectivity index (χ0n) is 9.91. The van der Waals surface area contributed by atoms with Crippen molar-refractivity contribution in [2.24, 2.45) is 0 Å². The van der Waals surface area contributed by atoms with E-state index in [0.717, 1.165) is 5.56 Å². The first kappa shape index (κ1) is 11.7. The van der Waals surface area contributed by atoms with Crippen molar-refractivity contribution in [3.63, 3.8) is 0 Å². The summed E-state index contributed by atoms with van der Waals surface area (Å²) in [6, 6.07) is 4.84. The molecule has 0 aliphatic heterocycles. The molecule has 0 aliphatic carbocycles. The van der Waals surface area contributed by atoms with Crippen LogP contribution in [0.25, 0.3) is 22.2 Å². The zero-order chi connectivity index (χ0) is 13.6. The van der Waals surface area contributed by atoms with E-state index in [2.05, 4.69) is 4.98 Å². The van der Waals surface area contributed by atoms with E-state index in [9.17, 15) is 10.1 Å². The number of benzene rings is 1. The Balaban J connectivity index is 2.35. The molecule has 6 nitrogen and oxygen atoms in total. The number of fused-ring (bicyclic) bond motifs is 1. The fraction of sp³-hybridized carbons (Fsp3) is 0.0833.